The van der Waals surface area contributed by atoms with Crippen LogP contribution in [0.1, 0.15) is 236 Å². The quantitative estimate of drug-likeness (QED) is 0.0423. The Labute approximate surface area is 315 Å². The van der Waals surface area contributed by atoms with Crippen LogP contribution in [-0.4, -0.2) is 22.9 Å². The molecule has 0 saturated heterocycles. The van der Waals surface area contributed by atoms with E-state index in [2.05, 4.69) is 13.8 Å². The highest BCUT2D eigenvalue weighted by Gasteiger charge is 2.40. The lowest BCUT2D eigenvalue weighted by atomic mass is 9.89. The third kappa shape index (κ3) is 21.9. The number of phenols is 1. The van der Waals surface area contributed by atoms with Gasteiger partial charge in [0.15, 0.2) is 10.5 Å². The van der Waals surface area contributed by atoms with E-state index in [0.29, 0.717) is 6.42 Å². The van der Waals surface area contributed by atoms with E-state index in [1.54, 1.807) is 0 Å². The van der Waals surface area contributed by atoms with Gasteiger partial charge in [0.25, 0.3) is 0 Å². The van der Waals surface area contributed by atoms with E-state index in [1.165, 1.54) is 185 Å². The second-order valence-corrected chi connectivity index (χ2v) is 16.9. The van der Waals surface area contributed by atoms with Crippen molar-refractivity contribution in [2.45, 2.75) is 238 Å². The summed E-state index contributed by atoms with van der Waals surface area (Å²) in [6.07, 6.45) is 42.2. The summed E-state index contributed by atoms with van der Waals surface area (Å²) in [4.78, 5) is 26.7. The molecule has 1 rings (SSSR count). The van der Waals surface area contributed by atoms with Crippen LogP contribution in [0, 0.1) is 13.8 Å². The monoisotopic (exact) mass is 715 g/mol. The van der Waals surface area contributed by atoms with Crippen molar-refractivity contribution in [1.29, 1.82) is 0 Å². The van der Waals surface area contributed by atoms with Gasteiger partial charge in [0.05, 0.1) is 0 Å². The lowest BCUT2D eigenvalue weighted by molar-refractivity contribution is -0.125. The molecule has 0 bridgehead atoms. The molecule has 1 atom stereocenters. The second kappa shape index (κ2) is 32.4. The largest absolute Gasteiger partial charge is 0.507 e. The molecule has 0 aliphatic rings. The number of aromatic hydroxyl groups is 1. The van der Waals surface area contributed by atoms with Gasteiger partial charge < -0.3 is 9.90 Å². The Morgan fingerprint density at radius 1 is 0.540 bits per heavy atom. The number of aryl methyl sites for hydroxylation is 2. The first kappa shape index (κ1) is 46.7. The molecule has 3 nitrogen and oxygen atoms in total. The lowest BCUT2D eigenvalue weighted by Gasteiger charge is -2.28. The van der Waals surface area contributed by atoms with Gasteiger partial charge in [0.1, 0.15) is 12.0 Å². The number of hydrogen-bond acceptors (Lipinski definition) is 4. The van der Waals surface area contributed by atoms with Gasteiger partial charge in [-0.15, -0.1) is 11.8 Å². The van der Waals surface area contributed by atoms with Crippen molar-refractivity contribution in [2.75, 3.05) is 5.75 Å². The maximum absolute atomic E-state index is 13.8. The third-order valence-electron chi connectivity index (χ3n) is 10.8. The Balaban J connectivity index is 2.34. The van der Waals surface area contributed by atoms with Crippen LogP contribution in [0.15, 0.2) is 12.1 Å². The Bertz CT molecular complexity index is 936. The standard InChI is InChI=1S/C46H82O3S/c1-5-7-9-11-13-15-17-19-21-23-25-27-29-31-33-35-37-50-46(40-47,43-38-41(3)45(49)42(4)39-43)44(48)36-34-32-30-28-26-24-22-20-18-16-14-12-10-8-6-2/h38-40,49H,5-37H2,1-4H3. The molecule has 0 amide bonds. The zero-order chi connectivity index (χ0) is 36.5. The number of thioether (sulfide) groups is 1. The van der Waals surface area contributed by atoms with Gasteiger partial charge in [-0.2, -0.15) is 0 Å². The molecular formula is C46H82O3S. The second-order valence-electron chi connectivity index (χ2n) is 15.6. The number of rotatable bonds is 37. The molecule has 1 N–H and O–H groups in total. The first-order chi connectivity index (χ1) is 24.4. The predicted molar refractivity (Wildman–Crippen MR) is 222 cm³/mol. The third-order valence-corrected chi connectivity index (χ3v) is 12.3. The molecule has 0 spiro atoms. The summed E-state index contributed by atoms with van der Waals surface area (Å²) < 4.78 is -1.17. The van der Waals surface area contributed by atoms with Gasteiger partial charge in [0.2, 0.25) is 0 Å². The van der Waals surface area contributed by atoms with Gasteiger partial charge in [-0.05, 0) is 49.1 Å². The molecule has 0 saturated carbocycles. The topological polar surface area (TPSA) is 54.4 Å². The van der Waals surface area contributed by atoms with E-state index in [4.69, 9.17) is 0 Å². The minimum atomic E-state index is -1.17. The van der Waals surface area contributed by atoms with Crippen LogP contribution in [0.3, 0.4) is 0 Å². The Hall–Kier alpha value is -1.29. The lowest BCUT2D eigenvalue weighted by Crippen LogP contribution is -2.35. The highest BCUT2D eigenvalue weighted by Crippen LogP contribution is 2.40. The number of ketones is 1. The Morgan fingerprint density at radius 3 is 1.16 bits per heavy atom. The van der Waals surface area contributed by atoms with Crippen molar-refractivity contribution >= 4 is 23.8 Å². The van der Waals surface area contributed by atoms with Crippen LogP contribution < -0.4 is 0 Å². The molecule has 50 heavy (non-hydrogen) atoms. The van der Waals surface area contributed by atoms with Gasteiger partial charge in [-0.25, -0.2) is 0 Å². The van der Waals surface area contributed by atoms with Gasteiger partial charge in [-0.3, -0.25) is 4.79 Å². The zero-order valence-electron chi connectivity index (χ0n) is 33.7. The molecule has 4 heteroatoms. The van der Waals surface area contributed by atoms with Crippen LogP contribution in [0.25, 0.3) is 0 Å². The van der Waals surface area contributed by atoms with E-state index < -0.39 is 4.75 Å². The zero-order valence-corrected chi connectivity index (χ0v) is 34.6. The number of phenolic OH excluding ortho intramolecular Hbond substituents is 1. The van der Waals surface area contributed by atoms with Crippen molar-refractivity contribution in [3.63, 3.8) is 0 Å². The van der Waals surface area contributed by atoms with Crippen LogP contribution in [0.2, 0.25) is 0 Å². The Kier molecular flexibility index (Phi) is 30.3. The average molecular weight is 715 g/mol. The number of carbonyl (C=O) groups excluding carboxylic acids is 2. The molecule has 0 fully saturated rings. The fourth-order valence-corrected chi connectivity index (χ4v) is 8.67. The van der Waals surface area contributed by atoms with Gasteiger partial charge in [0, 0.05) is 6.42 Å². The van der Waals surface area contributed by atoms with Gasteiger partial charge >= 0.3 is 0 Å². The molecule has 1 unspecified atom stereocenters. The molecule has 0 heterocycles. The summed E-state index contributed by atoms with van der Waals surface area (Å²) in [7, 11) is 0. The van der Waals surface area contributed by atoms with E-state index >= 15 is 0 Å². The normalized spacial score (nSPS) is 12.7. The maximum Gasteiger partial charge on any atom is 0.160 e. The minimum absolute atomic E-state index is 0.0353. The van der Waals surface area contributed by atoms with E-state index in [9.17, 15) is 14.7 Å². The van der Waals surface area contributed by atoms with E-state index in [1.807, 2.05) is 26.0 Å². The van der Waals surface area contributed by atoms with Crippen LogP contribution >= 0.6 is 11.8 Å². The molecule has 0 aromatic heterocycles. The number of aldehydes is 1. The minimum Gasteiger partial charge on any atom is -0.507 e. The van der Waals surface area contributed by atoms with Crippen molar-refractivity contribution in [3.8, 4) is 5.75 Å². The fraction of sp³-hybridized carbons (Fsp3) is 0.826. The molecule has 1 aromatic rings. The molecule has 1 aromatic carbocycles. The first-order valence-electron chi connectivity index (χ1n) is 21.9. The van der Waals surface area contributed by atoms with Crippen molar-refractivity contribution in [3.05, 3.63) is 28.8 Å². The van der Waals surface area contributed by atoms with Crippen LogP contribution in [0.5, 0.6) is 5.75 Å². The van der Waals surface area contributed by atoms with Gasteiger partial charge in [-0.1, -0.05) is 212 Å². The highest BCUT2D eigenvalue weighted by atomic mass is 32.2. The first-order valence-corrected chi connectivity index (χ1v) is 22.9. The summed E-state index contributed by atoms with van der Waals surface area (Å²) >= 11 is 1.53. The van der Waals surface area contributed by atoms with E-state index in [0.717, 1.165) is 54.4 Å². The summed E-state index contributed by atoms with van der Waals surface area (Å²) in [5.74, 6) is 1.10. The highest BCUT2D eigenvalue weighted by molar-refractivity contribution is 8.01. The van der Waals surface area contributed by atoms with Crippen molar-refractivity contribution < 1.29 is 14.7 Å². The molecule has 0 aliphatic heterocycles. The molecule has 0 radical (unpaired) electrons. The SMILES string of the molecule is CCCCCCCCCCCCCCCCCCSC(C=O)(C(=O)CCCCCCCCCCCCCCCCC)c1cc(C)c(O)c(C)c1. The van der Waals surface area contributed by atoms with E-state index in [-0.39, 0.29) is 11.5 Å². The Morgan fingerprint density at radius 2 is 0.840 bits per heavy atom. The van der Waals surface area contributed by atoms with Crippen LogP contribution in [0.4, 0.5) is 0 Å². The number of carbonyl (C=O) groups is 2. The summed E-state index contributed by atoms with van der Waals surface area (Å²) in [6, 6.07) is 3.73. The summed E-state index contributed by atoms with van der Waals surface area (Å²) in [6.45, 7) is 8.29. The summed E-state index contributed by atoms with van der Waals surface area (Å²) in [5.41, 5.74) is 2.20. The molecule has 0 aliphatic carbocycles. The number of hydrogen-bond donors (Lipinski definition) is 1. The molecule has 290 valence electrons. The van der Waals surface area contributed by atoms with Crippen molar-refractivity contribution in [1.82, 2.24) is 0 Å². The fourth-order valence-electron chi connectivity index (χ4n) is 7.39. The predicted octanol–water partition coefficient (Wildman–Crippen LogP) is 15.2. The maximum atomic E-state index is 13.8. The van der Waals surface area contributed by atoms with Crippen LogP contribution in [-0.2, 0) is 14.3 Å². The number of Topliss-reactive ketones (excluding diaryl/α,β-unsaturated/α-hetero) is 1. The number of benzene rings is 1. The molecular weight excluding hydrogens is 633 g/mol. The smallest absolute Gasteiger partial charge is 0.160 e. The average Bonchev–Trinajstić information content (AvgIpc) is 3.11. The summed E-state index contributed by atoms with van der Waals surface area (Å²) in [5, 5.41) is 10.4. The number of unbranched alkanes of at least 4 members (excludes halogenated alkanes) is 29. The van der Waals surface area contributed by atoms with Crippen molar-refractivity contribution in [2.24, 2.45) is 0 Å².